The molecule has 0 saturated carbocycles. The predicted molar refractivity (Wildman–Crippen MR) is 72.5 cm³/mol. The van der Waals surface area contributed by atoms with Gasteiger partial charge in [0.2, 0.25) is 0 Å². The molecule has 0 aromatic heterocycles. The van der Waals surface area contributed by atoms with Crippen LogP contribution in [-0.2, 0) is 6.54 Å². The molecule has 1 unspecified atom stereocenters. The quantitative estimate of drug-likeness (QED) is 0.788. The van der Waals surface area contributed by atoms with Crippen LogP contribution in [0.25, 0.3) is 0 Å². The van der Waals surface area contributed by atoms with E-state index in [1.165, 1.54) is 0 Å². The van der Waals surface area contributed by atoms with Gasteiger partial charge in [-0.05, 0) is 43.1 Å². The zero-order valence-electron chi connectivity index (χ0n) is 10.5. The number of ether oxygens (including phenoxy) is 1. The summed E-state index contributed by atoms with van der Waals surface area (Å²) < 4.78 is 5.11. The monoisotopic (exact) mass is 256 g/mol. The van der Waals surface area contributed by atoms with Crippen LogP contribution < -0.4 is 15.8 Å². The molecule has 96 valence electrons. The third kappa shape index (κ3) is 4.94. The first-order valence-electron chi connectivity index (χ1n) is 5.90. The van der Waals surface area contributed by atoms with Crippen molar-refractivity contribution in [2.75, 3.05) is 20.2 Å². The molecule has 0 fully saturated rings. The lowest BCUT2D eigenvalue weighted by Crippen LogP contribution is -2.22. The van der Waals surface area contributed by atoms with Crippen LogP contribution in [0.15, 0.2) is 18.2 Å². The summed E-state index contributed by atoms with van der Waals surface area (Å²) >= 11 is 6.05. The fourth-order valence-corrected chi connectivity index (χ4v) is 1.95. The van der Waals surface area contributed by atoms with E-state index in [4.69, 9.17) is 22.1 Å². The summed E-state index contributed by atoms with van der Waals surface area (Å²) in [5.41, 5.74) is 6.67. The second kappa shape index (κ2) is 7.54. The topological polar surface area (TPSA) is 47.3 Å². The van der Waals surface area contributed by atoms with Gasteiger partial charge in [0.25, 0.3) is 0 Å². The molecule has 1 rings (SSSR count). The summed E-state index contributed by atoms with van der Waals surface area (Å²) in [5, 5.41) is 4.05. The molecule has 0 radical (unpaired) electrons. The summed E-state index contributed by atoms with van der Waals surface area (Å²) in [6.07, 6.45) is 1.05. The van der Waals surface area contributed by atoms with Gasteiger partial charge >= 0.3 is 0 Å². The van der Waals surface area contributed by atoms with Gasteiger partial charge in [0.1, 0.15) is 5.75 Å². The third-order valence-electron chi connectivity index (χ3n) is 2.70. The first-order valence-corrected chi connectivity index (χ1v) is 6.28. The maximum Gasteiger partial charge on any atom is 0.137 e. The number of rotatable bonds is 7. The highest BCUT2D eigenvalue weighted by Gasteiger charge is 2.03. The number of methoxy groups -OCH3 is 1. The van der Waals surface area contributed by atoms with Gasteiger partial charge in [-0.15, -0.1) is 0 Å². The maximum atomic E-state index is 6.05. The molecule has 0 saturated heterocycles. The normalized spacial score (nSPS) is 12.5. The zero-order chi connectivity index (χ0) is 12.7. The number of hydrogen-bond acceptors (Lipinski definition) is 3. The molecule has 3 N–H and O–H groups in total. The lowest BCUT2D eigenvalue weighted by atomic mass is 10.1. The Morgan fingerprint density at radius 3 is 2.82 bits per heavy atom. The highest BCUT2D eigenvalue weighted by atomic mass is 35.5. The minimum atomic E-state index is 0.605. The van der Waals surface area contributed by atoms with Crippen molar-refractivity contribution in [3.8, 4) is 5.75 Å². The minimum absolute atomic E-state index is 0.605. The van der Waals surface area contributed by atoms with Crippen molar-refractivity contribution in [1.82, 2.24) is 5.32 Å². The van der Waals surface area contributed by atoms with Crippen LogP contribution in [0.3, 0.4) is 0 Å². The number of benzene rings is 1. The van der Waals surface area contributed by atoms with Crippen molar-refractivity contribution in [2.45, 2.75) is 19.9 Å². The molecule has 0 spiro atoms. The fraction of sp³-hybridized carbons (Fsp3) is 0.538. The first-order chi connectivity index (χ1) is 8.17. The van der Waals surface area contributed by atoms with Gasteiger partial charge in [0.15, 0.2) is 0 Å². The van der Waals surface area contributed by atoms with Gasteiger partial charge < -0.3 is 15.8 Å². The van der Waals surface area contributed by atoms with E-state index < -0.39 is 0 Å². The number of nitrogens with one attached hydrogen (secondary N) is 1. The fourth-order valence-electron chi connectivity index (χ4n) is 1.67. The lowest BCUT2D eigenvalue weighted by molar-refractivity contribution is 0.414. The van der Waals surface area contributed by atoms with E-state index in [-0.39, 0.29) is 0 Å². The molecule has 1 aromatic carbocycles. The van der Waals surface area contributed by atoms with Crippen molar-refractivity contribution in [1.29, 1.82) is 0 Å². The number of halogens is 1. The van der Waals surface area contributed by atoms with Crippen LogP contribution in [0.5, 0.6) is 5.75 Å². The molecule has 3 nitrogen and oxygen atoms in total. The summed E-state index contributed by atoms with van der Waals surface area (Å²) in [4.78, 5) is 0. The molecule has 1 atom stereocenters. The summed E-state index contributed by atoms with van der Waals surface area (Å²) in [6, 6.07) is 5.84. The summed E-state index contributed by atoms with van der Waals surface area (Å²) in [6.45, 7) is 4.73. The Morgan fingerprint density at radius 1 is 1.47 bits per heavy atom. The lowest BCUT2D eigenvalue weighted by Gasteiger charge is -2.12. The Kier molecular flexibility index (Phi) is 6.34. The van der Waals surface area contributed by atoms with Crippen molar-refractivity contribution in [3.63, 3.8) is 0 Å². The minimum Gasteiger partial charge on any atom is -0.495 e. The van der Waals surface area contributed by atoms with Crippen LogP contribution in [0, 0.1) is 5.92 Å². The first kappa shape index (κ1) is 14.3. The molecule has 0 amide bonds. The van der Waals surface area contributed by atoms with Crippen molar-refractivity contribution >= 4 is 11.6 Å². The standard InChI is InChI=1S/C13H21ClN2O/c1-10(5-6-15)8-16-9-11-3-4-13(17-2)12(14)7-11/h3-4,7,10,16H,5-6,8-9,15H2,1-2H3. The van der Waals surface area contributed by atoms with Crippen LogP contribution in [-0.4, -0.2) is 20.2 Å². The molecule has 0 heterocycles. The SMILES string of the molecule is COc1ccc(CNCC(C)CCN)cc1Cl. The van der Waals surface area contributed by atoms with E-state index in [2.05, 4.69) is 12.2 Å². The Bertz CT molecular complexity index is 344. The number of hydrogen-bond donors (Lipinski definition) is 2. The summed E-state index contributed by atoms with van der Waals surface area (Å²) in [7, 11) is 1.62. The van der Waals surface area contributed by atoms with E-state index >= 15 is 0 Å². The van der Waals surface area contributed by atoms with E-state index in [1.54, 1.807) is 7.11 Å². The van der Waals surface area contributed by atoms with Gasteiger partial charge in [-0.25, -0.2) is 0 Å². The van der Waals surface area contributed by atoms with Crippen molar-refractivity contribution in [2.24, 2.45) is 11.7 Å². The molecular formula is C13H21ClN2O. The molecular weight excluding hydrogens is 236 g/mol. The highest BCUT2D eigenvalue weighted by Crippen LogP contribution is 2.24. The smallest absolute Gasteiger partial charge is 0.137 e. The largest absolute Gasteiger partial charge is 0.495 e. The Hall–Kier alpha value is -0.770. The van der Waals surface area contributed by atoms with Crippen LogP contribution in [0.2, 0.25) is 5.02 Å². The van der Waals surface area contributed by atoms with E-state index in [0.717, 1.165) is 31.6 Å². The third-order valence-corrected chi connectivity index (χ3v) is 2.99. The van der Waals surface area contributed by atoms with Gasteiger partial charge in [-0.2, -0.15) is 0 Å². The molecule has 0 bridgehead atoms. The average molecular weight is 257 g/mol. The van der Waals surface area contributed by atoms with Gasteiger partial charge in [0, 0.05) is 6.54 Å². The predicted octanol–water partition coefficient (Wildman–Crippen LogP) is 2.42. The summed E-state index contributed by atoms with van der Waals surface area (Å²) in [5.74, 6) is 1.32. The van der Waals surface area contributed by atoms with E-state index in [0.29, 0.717) is 16.7 Å². The average Bonchev–Trinajstić information content (AvgIpc) is 2.29. The Balaban J connectivity index is 2.39. The van der Waals surface area contributed by atoms with E-state index in [9.17, 15) is 0 Å². The number of nitrogens with two attached hydrogens (primary N) is 1. The van der Waals surface area contributed by atoms with Crippen LogP contribution >= 0.6 is 11.6 Å². The second-order valence-corrected chi connectivity index (χ2v) is 4.69. The maximum absolute atomic E-state index is 6.05. The van der Waals surface area contributed by atoms with E-state index in [1.807, 2.05) is 18.2 Å². The van der Waals surface area contributed by atoms with Crippen LogP contribution in [0.1, 0.15) is 18.9 Å². The van der Waals surface area contributed by atoms with Crippen LogP contribution in [0.4, 0.5) is 0 Å². The molecule has 0 aliphatic carbocycles. The molecule has 0 aliphatic rings. The Morgan fingerprint density at radius 2 is 2.24 bits per heavy atom. The zero-order valence-corrected chi connectivity index (χ0v) is 11.3. The van der Waals surface area contributed by atoms with Gasteiger partial charge in [0.05, 0.1) is 12.1 Å². The molecule has 17 heavy (non-hydrogen) atoms. The molecule has 4 heteroatoms. The van der Waals surface area contributed by atoms with Gasteiger partial charge in [-0.1, -0.05) is 24.6 Å². The molecule has 1 aromatic rings. The second-order valence-electron chi connectivity index (χ2n) is 4.28. The van der Waals surface area contributed by atoms with Crippen molar-refractivity contribution in [3.05, 3.63) is 28.8 Å². The van der Waals surface area contributed by atoms with Crippen molar-refractivity contribution < 1.29 is 4.74 Å². The van der Waals surface area contributed by atoms with Gasteiger partial charge in [-0.3, -0.25) is 0 Å². The molecule has 0 aliphatic heterocycles. The Labute approximate surface area is 108 Å². The highest BCUT2D eigenvalue weighted by molar-refractivity contribution is 6.32.